The zero-order chi connectivity index (χ0) is 30.0. The Morgan fingerprint density at radius 3 is 2.20 bits per heavy atom. The molecule has 1 aliphatic heterocycles. The number of carbonyl (C=O) groups excluding carboxylic acids is 4. The number of fused-ring (bicyclic) bond motifs is 9. The number of hydrogen-bond acceptors (Lipinski definition) is 7. The third-order valence-electron chi connectivity index (χ3n) is 14.6. The van der Waals surface area contributed by atoms with E-state index >= 15 is 0 Å². The smallest absolute Gasteiger partial charge is 0.355 e. The lowest BCUT2D eigenvalue weighted by atomic mass is 9.32. The molecule has 1 saturated heterocycles. The summed E-state index contributed by atoms with van der Waals surface area (Å²) in [5, 5.41) is 0. The summed E-state index contributed by atoms with van der Waals surface area (Å²) in [6, 6.07) is 0. The molecule has 228 valence electrons. The topological polar surface area (TPSA) is 96.0 Å². The molecule has 7 heteroatoms. The van der Waals surface area contributed by atoms with E-state index in [0.29, 0.717) is 30.0 Å². The molecule has 6 fully saturated rings. The number of esters is 3. The van der Waals surface area contributed by atoms with Gasteiger partial charge in [-0.2, -0.15) is 0 Å². The first kappa shape index (κ1) is 29.2. The van der Waals surface area contributed by atoms with Crippen LogP contribution in [-0.2, 0) is 33.4 Å². The van der Waals surface area contributed by atoms with Crippen molar-refractivity contribution in [1.29, 1.82) is 0 Å². The zero-order valence-corrected chi connectivity index (χ0v) is 26.4. The van der Waals surface area contributed by atoms with Crippen LogP contribution in [-0.4, -0.2) is 42.0 Å². The van der Waals surface area contributed by atoms with Crippen molar-refractivity contribution in [2.45, 2.75) is 125 Å². The highest BCUT2D eigenvalue weighted by atomic mass is 16.6. The van der Waals surface area contributed by atoms with Gasteiger partial charge < -0.3 is 14.2 Å². The van der Waals surface area contributed by atoms with Crippen molar-refractivity contribution < 1.29 is 33.4 Å². The minimum Gasteiger partial charge on any atom is -0.461 e. The van der Waals surface area contributed by atoms with Crippen LogP contribution in [0.2, 0.25) is 0 Å². The predicted octanol–water partition coefficient (Wildman–Crippen LogP) is 6.06. The van der Waals surface area contributed by atoms with E-state index in [2.05, 4.69) is 41.5 Å². The normalized spacial score (nSPS) is 51.3. The summed E-state index contributed by atoms with van der Waals surface area (Å²) in [4.78, 5) is 51.0. The van der Waals surface area contributed by atoms with Crippen molar-refractivity contribution in [3.8, 4) is 0 Å². The molecule has 41 heavy (non-hydrogen) atoms. The number of Topliss-reactive ketones (excluding diaryl/α,β-unsaturated/α-hetero) is 1. The maximum atomic E-state index is 13.5. The lowest BCUT2D eigenvalue weighted by Gasteiger charge is -2.72. The molecule has 7 nitrogen and oxygen atoms in total. The molecule has 0 bridgehead atoms. The summed E-state index contributed by atoms with van der Waals surface area (Å²) >= 11 is 0. The van der Waals surface area contributed by atoms with E-state index in [9.17, 15) is 19.2 Å². The largest absolute Gasteiger partial charge is 0.461 e. The molecule has 5 aliphatic carbocycles. The Balaban J connectivity index is 1.41. The van der Waals surface area contributed by atoms with Gasteiger partial charge in [0, 0.05) is 25.7 Å². The maximum absolute atomic E-state index is 13.5. The summed E-state index contributed by atoms with van der Waals surface area (Å²) in [6.07, 6.45) is 8.56. The van der Waals surface area contributed by atoms with Crippen molar-refractivity contribution in [2.75, 3.05) is 6.61 Å². The molecule has 0 radical (unpaired) electrons. The Kier molecular flexibility index (Phi) is 6.27. The Morgan fingerprint density at radius 1 is 0.829 bits per heavy atom. The molecule has 0 spiro atoms. The molecule has 11 atom stereocenters. The van der Waals surface area contributed by atoms with Gasteiger partial charge in [-0.15, -0.1) is 0 Å². The second-order valence-electron chi connectivity index (χ2n) is 16.4. The Bertz CT molecular complexity index is 1190. The highest BCUT2D eigenvalue weighted by Gasteiger charge is 2.76. The zero-order valence-electron chi connectivity index (χ0n) is 26.4. The predicted molar refractivity (Wildman–Crippen MR) is 151 cm³/mol. The standard InChI is InChI=1S/C34H50O7/c1-19(35)39-18-34(41-20(2)36)27-22(40-28(34)38)17-30(5)15-16-32(7)21(26(27)30)9-10-24-31(6)13-12-25(37)29(3,4)23(31)11-14-33(24,32)8/h21-24,26-27H,9-18H2,1-8H3/t21-,22+,23-,24+,26+,27+,30-,31-,32+,33+,34+/m0/s1. The second-order valence-corrected chi connectivity index (χ2v) is 16.4. The number of ketones is 1. The average molecular weight is 571 g/mol. The van der Waals surface area contributed by atoms with E-state index < -0.39 is 23.5 Å². The molecule has 0 N–H and O–H groups in total. The quantitative estimate of drug-likeness (QED) is 0.301. The van der Waals surface area contributed by atoms with Crippen LogP contribution >= 0.6 is 0 Å². The molecule has 0 aromatic heterocycles. The number of hydrogen-bond donors (Lipinski definition) is 0. The molecule has 0 unspecified atom stereocenters. The third kappa shape index (κ3) is 3.62. The van der Waals surface area contributed by atoms with Crippen LogP contribution < -0.4 is 0 Å². The molecule has 0 aromatic carbocycles. The number of ether oxygens (including phenoxy) is 3. The molecular formula is C34H50O7. The van der Waals surface area contributed by atoms with Crippen LogP contribution in [0.3, 0.4) is 0 Å². The molecule has 0 aromatic rings. The first-order valence-electron chi connectivity index (χ1n) is 16.0. The number of carbonyl (C=O) groups is 4. The lowest BCUT2D eigenvalue weighted by Crippen LogP contribution is -2.67. The summed E-state index contributed by atoms with van der Waals surface area (Å²) in [5.41, 5.74) is -1.67. The van der Waals surface area contributed by atoms with Crippen molar-refractivity contribution in [2.24, 2.45) is 56.7 Å². The minimum atomic E-state index is -1.60. The van der Waals surface area contributed by atoms with Gasteiger partial charge in [-0.3, -0.25) is 14.4 Å². The van der Waals surface area contributed by atoms with Gasteiger partial charge in [0.15, 0.2) is 0 Å². The van der Waals surface area contributed by atoms with Gasteiger partial charge in [0.25, 0.3) is 0 Å². The first-order chi connectivity index (χ1) is 19.0. The van der Waals surface area contributed by atoms with E-state index in [4.69, 9.17) is 14.2 Å². The molecule has 5 saturated carbocycles. The Hall–Kier alpha value is -1.92. The van der Waals surface area contributed by atoms with Gasteiger partial charge in [-0.1, -0.05) is 41.5 Å². The maximum Gasteiger partial charge on any atom is 0.355 e. The van der Waals surface area contributed by atoms with Crippen LogP contribution in [0.25, 0.3) is 0 Å². The third-order valence-corrected chi connectivity index (χ3v) is 14.6. The second kappa shape index (κ2) is 8.81. The monoisotopic (exact) mass is 570 g/mol. The van der Waals surface area contributed by atoms with Crippen LogP contribution in [0, 0.1) is 56.7 Å². The molecule has 6 aliphatic rings. The van der Waals surface area contributed by atoms with Crippen molar-refractivity contribution in [3.05, 3.63) is 0 Å². The Labute approximate surface area is 245 Å². The fraction of sp³-hybridized carbons (Fsp3) is 0.882. The first-order valence-corrected chi connectivity index (χ1v) is 16.0. The van der Waals surface area contributed by atoms with Crippen LogP contribution in [0.1, 0.15) is 113 Å². The lowest BCUT2D eigenvalue weighted by molar-refractivity contribution is -0.240. The Morgan fingerprint density at radius 2 is 1.54 bits per heavy atom. The highest BCUT2D eigenvalue weighted by Crippen LogP contribution is 2.78. The molecule has 0 amide bonds. The summed E-state index contributed by atoms with van der Waals surface area (Å²) < 4.78 is 17.4. The van der Waals surface area contributed by atoms with Gasteiger partial charge in [0.1, 0.15) is 18.5 Å². The van der Waals surface area contributed by atoms with Crippen molar-refractivity contribution in [1.82, 2.24) is 0 Å². The van der Waals surface area contributed by atoms with Crippen LogP contribution in [0.15, 0.2) is 0 Å². The van der Waals surface area contributed by atoms with E-state index in [1.165, 1.54) is 13.8 Å². The van der Waals surface area contributed by atoms with E-state index in [-0.39, 0.29) is 51.6 Å². The summed E-state index contributed by atoms with van der Waals surface area (Å²) in [5.74, 6) is -0.170. The van der Waals surface area contributed by atoms with E-state index in [1.54, 1.807) is 0 Å². The minimum absolute atomic E-state index is 0.0313. The van der Waals surface area contributed by atoms with Crippen LogP contribution in [0.5, 0.6) is 0 Å². The van der Waals surface area contributed by atoms with Gasteiger partial charge in [-0.25, -0.2) is 4.79 Å². The molecular weight excluding hydrogens is 520 g/mol. The van der Waals surface area contributed by atoms with Gasteiger partial charge in [-0.05, 0) is 96.7 Å². The van der Waals surface area contributed by atoms with E-state index in [1.807, 2.05) is 0 Å². The summed E-state index contributed by atoms with van der Waals surface area (Å²) in [7, 11) is 0. The van der Waals surface area contributed by atoms with Crippen LogP contribution in [0.4, 0.5) is 0 Å². The highest BCUT2D eigenvalue weighted by molar-refractivity contribution is 5.87. The SMILES string of the molecule is CC(=O)OC[C@]1(OC(C)=O)C(=O)O[C@@H]2C[C@]3(C)CC[C@]4(C)[C@@H](CC[C@@H]5[C@@]6(C)CCC(=O)C(C)(C)[C@@H]6CC[C@]54C)[C@@H]3[C@@H]21. The fourth-order valence-electron chi connectivity index (χ4n) is 12.6. The fourth-order valence-corrected chi connectivity index (χ4v) is 12.6. The van der Waals surface area contributed by atoms with Gasteiger partial charge in [0.05, 0.1) is 5.92 Å². The van der Waals surface area contributed by atoms with E-state index in [0.717, 1.165) is 51.4 Å². The molecule has 6 rings (SSSR count). The van der Waals surface area contributed by atoms with Crippen molar-refractivity contribution >= 4 is 23.7 Å². The van der Waals surface area contributed by atoms with Crippen molar-refractivity contribution in [3.63, 3.8) is 0 Å². The van der Waals surface area contributed by atoms with Gasteiger partial charge in [0.2, 0.25) is 5.60 Å². The molecule has 1 heterocycles. The summed E-state index contributed by atoms with van der Waals surface area (Å²) in [6.45, 7) is 16.6. The number of rotatable bonds is 3. The average Bonchev–Trinajstić information content (AvgIpc) is 3.29. The van der Waals surface area contributed by atoms with Gasteiger partial charge >= 0.3 is 17.9 Å².